The Kier molecular flexibility index (Phi) is 31.3. The van der Waals surface area contributed by atoms with Gasteiger partial charge in [0.2, 0.25) is 5.56 Å². The molecule has 15 heterocycles. The molecule has 5 aliphatic heterocycles. The van der Waals surface area contributed by atoms with Crippen molar-refractivity contribution in [3.05, 3.63) is 323 Å². The van der Waals surface area contributed by atoms with Crippen LogP contribution in [0.3, 0.4) is 0 Å². The Morgan fingerprint density at radius 1 is 0.409 bits per heavy atom. The summed E-state index contributed by atoms with van der Waals surface area (Å²) in [4.78, 5) is 99.3. The molecule has 1 saturated carbocycles. The molecular formula is C115H123FN26O7. The van der Waals surface area contributed by atoms with Crippen molar-refractivity contribution < 1.29 is 32.9 Å². The number of H-pyrrole nitrogens is 2. The molecule has 22 rings (SSSR count). The molecule has 10 aromatic heterocycles. The molecule has 34 heteroatoms. The Morgan fingerprint density at radius 3 is 1.15 bits per heavy atom. The molecule has 149 heavy (non-hydrogen) atoms. The van der Waals surface area contributed by atoms with Gasteiger partial charge in [0.1, 0.15) is 31.4 Å². The van der Waals surface area contributed by atoms with Crippen LogP contribution < -0.4 is 57.9 Å². The first-order chi connectivity index (χ1) is 71.8. The summed E-state index contributed by atoms with van der Waals surface area (Å²) in [6, 6.07) is 34.9. The summed E-state index contributed by atoms with van der Waals surface area (Å²) in [6.45, 7) is 23.7. The number of fused-ring (bicyclic) bond motifs is 6. The van der Waals surface area contributed by atoms with Gasteiger partial charge in [-0.05, 0) is 314 Å². The number of halogens is 1. The predicted molar refractivity (Wildman–Crippen MR) is 577 cm³/mol. The summed E-state index contributed by atoms with van der Waals surface area (Å²) in [6.07, 6.45) is 29.7. The summed E-state index contributed by atoms with van der Waals surface area (Å²) < 4.78 is 42.8. The second-order valence-electron chi connectivity index (χ2n) is 39.4. The van der Waals surface area contributed by atoms with E-state index in [1.165, 1.54) is 132 Å². The number of nitrogens with two attached hydrogens (primary N) is 5. The Balaban J connectivity index is 0.000000122. The summed E-state index contributed by atoms with van der Waals surface area (Å²) >= 11 is 0. The largest absolute Gasteiger partial charge is 0.470 e. The minimum atomic E-state index is -0.314. The van der Waals surface area contributed by atoms with Gasteiger partial charge in [0.25, 0.3) is 35.3 Å². The van der Waals surface area contributed by atoms with Crippen LogP contribution in [-0.4, -0.2) is 192 Å². The highest BCUT2D eigenvalue weighted by Crippen LogP contribution is 2.40. The molecule has 0 radical (unpaired) electrons. The number of pyridine rings is 4. The first-order valence-electron chi connectivity index (χ1n) is 49.7. The number of aryl methyl sites for hydroxylation is 6. The molecule has 1 amide bonds. The van der Waals surface area contributed by atoms with Crippen LogP contribution in [0.2, 0.25) is 0 Å². The number of ether oxygens (including phenoxy) is 5. The van der Waals surface area contributed by atoms with Crippen LogP contribution in [0.4, 0.5) is 33.5 Å². The number of hydrogen-bond acceptors (Lipinski definition) is 30. The molecule has 1 aliphatic carbocycles. The van der Waals surface area contributed by atoms with Crippen LogP contribution in [0.5, 0.6) is 40.9 Å². The first kappa shape index (κ1) is 102. The Labute approximate surface area is 865 Å². The monoisotopic (exact) mass is 2000 g/mol. The summed E-state index contributed by atoms with van der Waals surface area (Å²) in [5, 5.41) is 0.746. The van der Waals surface area contributed by atoms with Crippen LogP contribution in [0, 0.1) is 65.1 Å². The van der Waals surface area contributed by atoms with Crippen LogP contribution >= 0.6 is 0 Å². The molecule has 12 N–H and O–H groups in total. The molecule has 0 spiro atoms. The third-order valence-electron chi connectivity index (χ3n) is 27.1. The maximum atomic E-state index is 13.4. The number of carbonyl (C=O) groups excluding carboxylic acids is 1. The van der Waals surface area contributed by atoms with Gasteiger partial charge < -0.3 is 91.7 Å². The quantitative estimate of drug-likeness (QED) is 0.0370. The van der Waals surface area contributed by atoms with Crippen LogP contribution in [0.15, 0.2) is 195 Å². The van der Waals surface area contributed by atoms with Gasteiger partial charge in [-0.3, -0.25) is 24.5 Å². The minimum Gasteiger partial charge on any atom is -0.470 e. The van der Waals surface area contributed by atoms with Crippen LogP contribution in [0.1, 0.15) is 134 Å². The van der Waals surface area contributed by atoms with Gasteiger partial charge >= 0.3 is 0 Å². The SMILES string of the molecule is Cc1cc(-c2cnc(N)c(OCc3cncc(C#CC4CC4)c3)n2)cc2c1CCN(C)C2.Cc1cc(-c2cnc(N)c(OCc3cncc(C(=O)N(C)C)c3)n2)cc2c1CCN(C)C2.Cc1cc(-c2cnc(N)c(Oc3c[nH]c4cc(F)ccc34)n2)cc2c1CCN(C)C2.Cc1cc(-c2cnc(N)c(Oc3ccc(=O)[nH]c3)n2)cc2c1CCN(C)C2.Cc1cncc(COc2nc(-c3cc(C)c4c(c3)CN(C)CC4)cnc2N)c1. The third kappa shape index (κ3) is 25.4. The second-order valence-corrected chi connectivity index (χ2v) is 39.4. The van der Waals surface area contributed by atoms with Crippen LogP contribution in [0.25, 0.3) is 67.2 Å². The highest BCUT2D eigenvalue weighted by Gasteiger charge is 2.27. The molecular weight excluding hydrogens is 1880 g/mol. The van der Waals surface area contributed by atoms with E-state index in [1.807, 2.05) is 25.3 Å². The van der Waals surface area contributed by atoms with Gasteiger partial charge in [-0.15, -0.1) is 0 Å². The number of anilines is 5. The second kappa shape index (κ2) is 45.6. The van der Waals surface area contributed by atoms with Gasteiger partial charge in [-0.1, -0.05) is 11.8 Å². The number of amides is 1. The average molecular weight is 2000 g/mol. The number of hydrogen-bond donors (Lipinski definition) is 7. The van der Waals surface area contributed by atoms with Crippen molar-refractivity contribution >= 4 is 45.9 Å². The smallest absolute Gasteiger partial charge is 0.263 e. The number of aromatic amines is 2. The Bertz CT molecular complexity index is 7810. The molecule has 6 aromatic carbocycles. The number of nitrogen functional groups attached to an aromatic ring is 5. The van der Waals surface area contributed by atoms with E-state index >= 15 is 0 Å². The number of likely N-dealkylation sites (N-methyl/N-ethyl adjacent to an activating group) is 5. The zero-order valence-electron chi connectivity index (χ0n) is 86.2. The molecule has 0 saturated heterocycles. The van der Waals surface area contributed by atoms with E-state index in [0.29, 0.717) is 76.4 Å². The van der Waals surface area contributed by atoms with Gasteiger partial charge in [-0.25, -0.2) is 54.2 Å². The van der Waals surface area contributed by atoms with Gasteiger partial charge in [0, 0.05) is 197 Å². The van der Waals surface area contributed by atoms with Crippen molar-refractivity contribution in [1.29, 1.82) is 0 Å². The van der Waals surface area contributed by atoms with Crippen molar-refractivity contribution in [3.63, 3.8) is 0 Å². The number of rotatable bonds is 19. The zero-order valence-corrected chi connectivity index (χ0v) is 86.2. The Morgan fingerprint density at radius 2 is 0.772 bits per heavy atom. The van der Waals surface area contributed by atoms with Gasteiger partial charge in [-0.2, -0.15) is 0 Å². The fourth-order valence-corrected chi connectivity index (χ4v) is 19.1. The lowest BCUT2D eigenvalue weighted by Crippen LogP contribution is -2.27. The topological polar surface area (TPSA) is 429 Å². The van der Waals surface area contributed by atoms with Crippen molar-refractivity contribution in [2.75, 3.05) is 111 Å². The standard InChI is InChI=1S/C26H27N5O.C24H28N6O2.C23H22FN5O.C22H25N5O.C20H21N5O2/c1-17-9-21(11-22-15-31(2)8-7-23(17)22)24-14-29-25(27)26(30-24)32-16-20-10-19(12-28-13-20)6-5-18-3-4-18;1-15-7-17(9-19-13-30(4)6-5-20(15)19)21-12-27-22(25)23(28-21)32-14-16-8-18(11-26-10-16)24(31)29(2)3;1-13-7-14(8-15-12-29(2)6-5-17(13)15)20-10-27-22(25)23(28-20)30-21-11-26-19-9-16(24)3-4-18(19)21;1-14-6-16(10-24-9-14)13-28-22-21(23)25-11-20(26-22)17-7-15(2)19-4-5-27(3)12-18(19)8-17;1-12-7-13(8-14-11-25(2)6-5-16(12)14)17-10-23-19(21)20(24-17)27-15-3-4-18(26)22-9-15/h9-14,18H,3-4,7-8,15-16H2,1-2H3,(H2,27,29);7-12H,5-6,13-14H2,1-4H3,(H2,25,27);3-4,7-11,26H,5-6,12H2,1-2H3,(H2,25,27);6-11H,4-5,12-13H2,1-3H3,(H2,23,25);3-4,7-10H,5-6,11H2,1-2H3,(H2,21,23)(H,22,26). The van der Waals surface area contributed by atoms with E-state index < -0.39 is 0 Å². The van der Waals surface area contributed by atoms with E-state index in [1.54, 1.807) is 94.3 Å². The number of carbonyl (C=O) groups is 1. The molecule has 0 bridgehead atoms. The lowest BCUT2D eigenvalue weighted by atomic mass is 9.92. The fraction of sp³-hybridized carbons (Fsp3) is 0.296. The van der Waals surface area contributed by atoms with Crippen molar-refractivity contribution in [2.45, 2.75) is 139 Å². The van der Waals surface area contributed by atoms with Crippen LogP contribution in [-0.2, 0) is 84.6 Å². The molecule has 1 fully saturated rings. The maximum absolute atomic E-state index is 13.4. The summed E-state index contributed by atoms with van der Waals surface area (Å²) in [5.74, 6) is 10.1. The molecule has 0 atom stereocenters. The fourth-order valence-electron chi connectivity index (χ4n) is 19.1. The van der Waals surface area contributed by atoms with Crippen molar-refractivity contribution in [1.82, 2.24) is 104 Å². The molecule has 0 unspecified atom stereocenters. The summed E-state index contributed by atoms with van der Waals surface area (Å²) in [5.41, 5.74) is 64.5. The number of benzene rings is 6. The van der Waals surface area contributed by atoms with E-state index in [-0.39, 0.29) is 64.8 Å². The molecule has 33 nitrogen and oxygen atoms in total. The number of aromatic nitrogens is 15. The van der Waals surface area contributed by atoms with Gasteiger partial charge in [0.05, 0.1) is 70.5 Å². The molecule has 6 aliphatic rings. The normalized spacial score (nSPS) is 14.2. The first-order valence-corrected chi connectivity index (χ1v) is 49.7. The van der Waals surface area contributed by atoms with Crippen molar-refractivity contribution in [3.8, 4) is 109 Å². The van der Waals surface area contributed by atoms with E-state index in [9.17, 15) is 14.0 Å². The third-order valence-corrected chi connectivity index (χ3v) is 27.1. The maximum Gasteiger partial charge on any atom is 0.263 e. The lowest BCUT2D eigenvalue weighted by Gasteiger charge is -2.27. The predicted octanol–water partition coefficient (Wildman–Crippen LogP) is 16.7. The van der Waals surface area contributed by atoms with E-state index in [2.05, 4.69) is 242 Å². The highest BCUT2D eigenvalue weighted by molar-refractivity contribution is 5.93. The van der Waals surface area contributed by atoms with Gasteiger partial charge in [0.15, 0.2) is 34.8 Å². The number of nitrogens with one attached hydrogen (secondary N) is 2. The Hall–Kier alpha value is -16.6. The van der Waals surface area contributed by atoms with E-state index in [0.717, 1.165) is 170 Å². The van der Waals surface area contributed by atoms with E-state index in [4.69, 9.17) is 52.4 Å². The zero-order chi connectivity index (χ0) is 104. The highest BCUT2D eigenvalue weighted by atomic mass is 19.1. The number of nitrogens with zero attached hydrogens (tertiary/aromatic N) is 19. The molecule has 762 valence electrons. The van der Waals surface area contributed by atoms with Crippen molar-refractivity contribution in [2.24, 2.45) is 5.92 Å². The summed E-state index contributed by atoms with van der Waals surface area (Å²) in [7, 11) is 14.1. The lowest BCUT2D eigenvalue weighted by molar-refractivity contribution is 0.0827. The molecule has 16 aromatic rings. The average Bonchev–Trinajstić information content (AvgIpc) is 1.76. The minimum absolute atomic E-state index is 0.117.